The Hall–Kier alpha value is -1.39. The van der Waals surface area contributed by atoms with E-state index >= 15 is 0 Å². The van der Waals surface area contributed by atoms with E-state index in [-0.39, 0.29) is 12.5 Å². The summed E-state index contributed by atoms with van der Waals surface area (Å²) in [5.74, 6) is -0.0656. The lowest BCUT2D eigenvalue weighted by Crippen LogP contribution is -2.45. The molecule has 0 saturated heterocycles. The van der Waals surface area contributed by atoms with E-state index in [0.29, 0.717) is 6.42 Å². The van der Waals surface area contributed by atoms with Crippen LogP contribution in [0.4, 0.5) is 0 Å². The molecule has 0 aliphatic rings. The summed E-state index contributed by atoms with van der Waals surface area (Å²) in [7, 11) is 0. The van der Waals surface area contributed by atoms with Crippen molar-refractivity contribution in [2.45, 2.75) is 296 Å². The van der Waals surface area contributed by atoms with E-state index < -0.39 is 12.1 Å². The van der Waals surface area contributed by atoms with Crippen LogP contribution in [0.2, 0.25) is 0 Å². The SMILES string of the molecule is CCCCCCC/C=C\C/C=C\CCCCCCCCCCCC(=O)NC(CO)C(O)/C=C/CCCCCCCCCCCCCCCCCCCCCCCCC. The maximum absolute atomic E-state index is 12.4. The Kier molecular flexibility index (Phi) is 48.8. The van der Waals surface area contributed by atoms with E-state index in [0.717, 1.165) is 32.1 Å². The predicted octanol–water partition coefficient (Wildman–Crippen LogP) is 16.9. The molecule has 0 aromatic heterocycles. The number of aliphatic hydroxyl groups is 2. The number of carbonyl (C=O) groups is 1. The molecule has 1 amide bonds. The fraction of sp³-hybridized carbons (Fsp3) is 0.870. The average Bonchev–Trinajstić information content (AvgIpc) is 3.23. The van der Waals surface area contributed by atoms with E-state index in [4.69, 9.17) is 0 Å². The molecule has 342 valence electrons. The van der Waals surface area contributed by atoms with Crippen molar-refractivity contribution in [1.29, 1.82) is 0 Å². The van der Waals surface area contributed by atoms with Gasteiger partial charge in [0.2, 0.25) is 5.91 Å². The van der Waals surface area contributed by atoms with Crippen LogP contribution in [0, 0.1) is 0 Å². The van der Waals surface area contributed by atoms with Gasteiger partial charge in [-0.1, -0.05) is 262 Å². The zero-order chi connectivity index (χ0) is 42.1. The standard InChI is InChI=1S/C54H103NO3/c1-3-5-7-9-11-13-15-17-19-21-23-25-26-27-28-30-31-33-35-37-39-41-43-45-47-49-53(57)52(51-56)55-54(58)50-48-46-44-42-40-38-36-34-32-29-24-22-20-18-16-14-12-10-8-6-4-2/h16,18,22,24,47,49,52-53,56-57H,3-15,17,19-21,23,25-46,48,50-51H2,1-2H3,(H,55,58)/b18-16-,24-22-,49-47+. The highest BCUT2D eigenvalue weighted by Gasteiger charge is 2.18. The number of aliphatic hydroxyl groups excluding tert-OH is 2. The van der Waals surface area contributed by atoms with Gasteiger partial charge in [0, 0.05) is 6.42 Å². The zero-order valence-electron chi connectivity index (χ0n) is 39.3. The molecule has 0 aliphatic heterocycles. The van der Waals surface area contributed by atoms with Gasteiger partial charge in [-0.2, -0.15) is 0 Å². The summed E-state index contributed by atoms with van der Waals surface area (Å²) in [4.78, 5) is 12.4. The monoisotopic (exact) mass is 814 g/mol. The van der Waals surface area contributed by atoms with Crippen molar-refractivity contribution in [2.24, 2.45) is 0 Å². The van der Waals surface area contributed by atoms with Crippen molar-refractivity contribution in [1.82, 2.24) is 5.32 Å². The van der Waals surface area contributed by atoms with Crippen LogP contribution in [0.15, 0.2) is 36.5 Å². The van der Waals surface area contributed by atoms with Crippen LogP contribution in [0.1, 0.15) is 284 Å². The minimum absolute atomic E-state index is 0.0656. The van der Waals surface area contributed by atoms with Gasteiger partial charge in [-0.25, -0.2) is 0 Å². The zero-order valence-corrected chi connectivity index (χ0v) is 39.3. The summed E-state index contributed by atoms with van der Waals surface area (Å²) in [6.45, 7) is 4.32. The Morgan fingerprint density at radius 3 is 1.03 bits per heavy atom. The van der Waals surface area contributed by atoms with Gasteiger partial charge in [0.25, 0.3) is 0 Å². The van der Waals surface area contributed by atoms with E-state index in [1.807, 2.05) is 6.08 Å². The molecule has 3 N–H and O–H groups in total. The molecule has 0 bridgehead atoms. The molecule has 4 heteroatoms. The smallest absolute Gasteiger partial charge is 0.220 e. The van der Waals surface area contributed by atoms with E-state index in [1.165, 1.54) is 231 Å². The third kappa shape index (κ3) is 45.7. The van der Waals surface area contributed by atoms with Crippen LogP contribution < -0.4 is 5.32 Å². The van der Waals surface area contributed by atoms with Crippen LogP contribution in [0.3, 0.4) is 0 Å². The van der Waals surface area contributed by atoms with Gasteiger partial charge < -0.3 is 15.5 Å². The number of rotatable bonds is 48. The quantitative estimate of drug-likeness (QED) is 0.0423. The van der Waals surface area contributed by atoms with E-state index in [2.05, 4.69) is 43.5 Å². The number of amides is 1. The summed E-state index contributed by atoms with van der Waals surface area (Å²) >= 11 is 0. The minimum Gasteiger partial charge on any atom is -0.394 e. The van der Waals surface area contributed by atoms with Crippen molar-refractivity contribution in [3.8, 4) is 0 Å². The van der Waals surface area contributed by atoms with Gasteiger partial charge in [0.1, 0.15) is 0 Å². The van der Waals surface area contributed by atoms with Gasteiger partial charge in [-0.15, -0.1) is 0 Å². The molecule has 0 aromatic rings. The number of hydrogen-bond acceptors (Lipinski definition) is 3. The lowest BCUT2D eigenvalue weighted by atomic mass is 10.0. The molecule has 0 radical (unpaired) electrons. The molecular formula is C54H103NO3. The van der Waals surface area contributed by atoms with E-state index in [1.54, 1.807) is 6.08 Å². The first-order valence-electron chi connectivity index (χ1n) is 26.2. The molecule has 0 aromatic carbocycles. The summed E-state index contributed by atoms with van der Waals surface area (Å²) in [5, 5.41) is 23.1. The molecule has 0 saturated carbocycles. The Morgan fingerprint density at radius 1 is 0.414 bits per heavy atom. The van der Waals surface area contributed by atoms with Gasteiger partial charge in [-0.3, -0.25) is 4.79 Å². The number of hydrogen-bond donors (Lipinski definition) is 3. The van der Waals surface area contributed by atoms with Crippen LogP contribution in [0.25, 0.3) is 0 Å². The average molecular weight is 814 g/mol. The first-order chi connectivity index (χ1) is 28.7. The van der Waals surface area contributed by atoms with Crippen molar-refractivity contribution >= 4 is 5.91 Å². The fourth-order valence-corrected chi connectivity index (χ4v) is 8.09. The number of unbranched alkanes of at least 4 members (excludes halogenated alkanes) is 37. The molecule has 2 atom stereocenters. The Balaban J connectivity index is 3.51. The third-order valence-electron chi connectivity index (χ3n) is 12.1. The highest BCUT2D eigenvalue weighted by atomic mass is 16.3. The maximum Gasteiger partial charge on any atom is 0.220 e. The molecule has 0 aliphatic carbocycles. The van der Waals surface area contributed by atoms with Crippen molar-refractivity contribution in [3.05, 3.63) is 36.5 Å². The van der Waals surface area contributed by atoms with Crippen molar-refractivity contribution in [3.63, 3.8) is 0 Å². The van der Waals surface area contributed by atoms with Crippen LogP contribution in [-0.4, -0.2) is 34.9 Å². The molecule has 0 rings (SSSR count). The summed E-state index contributed by atoms with van der Waals surface area (Å²) in [5.41, 5.74) is 0. The second-order valence-electron chi connectivity index (χ2n) is 17.9. The van der Waals surface area contributed by atoms with Crippen LogP contribution >= 0.6 is 0 Å². The topological polar surface area (TPSA) is 69.6 Å². The van der Waals surface area contributed by atoms with Gasteiger partial charge >= 0.3 is 0 Å². The molecule has 0 heterocycles. The molecule has 2 unspecified atom stereocenters. The summed E-state index contributed by atoms with van der Waals surface area (Å²) < 4.78 is 0. The Labute approximate surface area is 363 Å². The molecule has 0 fully saturated rings. The Morgan fingerprint density at radius 2 is 0.707 bits per heavy atom. The number of allylic oxidation sites excluding steroid dienone is 5. The lowest BCUT2D eigenvalue weighted by molar-refractivity contribution is -0.123. The third-order valence-corrected chi connectivity index (χ3v) is 12.1. The number of carbonyl (C=O) groups excluding carboxylic acids is 1. The van der Waals surface area contributed by atoms with Crippen molar-refractivity contribution < 1.29 is 15.0 Å². The second kappa shape index (κ2) is 50.0. The minimum atomic E-state index is -0.841. The first-order valence-corrected chi connectivity index (χ1v) is 26.2. The lowest BCUT2D eigenvalue weighted by Gasteiger charge is -2.20. The highest BCUT2D eigenvalue weighted by molar-refractivity contribution is 5.76. The van der Waals surface area contributed by atoms with Crippen LogP contribution in [0.5, 0.6) is 0 Å². The molecule has 0 spiro atoms. The summed E-state index contributed by atoms with van der Waals surface area (Å²) in [6.07, 6.45) is 67.1. The molecular weight excluding hydrogens is 711 g/mol. The predicted molar refractivity (Wildman–Crippen MR) is 258 cm³/mol. The molecule has 4 nitrogen and oxygen atoms in total. The fourth-order valence-electron chi connectivity index (χ4n) is 8.09. The first kappa shape index (κ1) is 56.6. The Bertz CT molecular complexity index is 882. The van der Waals surface area contributed by atoms with Crippen LogP contribution in [-0.2, 0) is 4.79 Å². The van der Waals surface area contributed by atoms with E-state index in [9.17, 15) is 15.0 Å². The second-order valence-corrected chi connectivity index (χ2v) is 17.9. The number of nitrogens with one attached hydrogen (secondary N) is 1. The summed E-state index contributed by atoms with van der Waals surface area (Å²) in [6, 6.07) is -0.625. The largest absolute Gasteiger partial charge is 0.394 e. The highest BCUT2D eigenvalue weighted by Crippen LogP contribution is 2.17. The van der Waals surface area contributed by atoms with Crippen molar-refractivity contribution in [2.75, 3.05) is 6.61 Å². The molecule has 58 heavy (non-hydrogen) atoms. The van der Waals surface area contributed by atoms with Gasteiger partial charge in [-0.05, 0) is 51.4 Å². The maximum atomic E-state index is 12.4. The van der Waals surface area contributed by atoms with Gasteiger partial charge in [0.15, 0.2) is 0 Å². The van der Waals surface area contributed by atoms with Gasteiger partial charge in [0.05, 0.1) is 18.8 Å². The normalized spacial score (nSPS) is 13.1.